The van der Waals surface area contributed by atoms with Crippen molar-refractivity contribution in [3.63, 3.8) is 0 Å². The van der Waals surface area contributed by atoms with Gasteiger partial charge >= 0.3 is 6.09 Å². The first-order valence-corrected chi connectivity index (χ1v) is 11.4. The molecule has 2 aromatic rings. The van der Waals surface area contributed by atoms with Crippen LogP contribution in [0.3, 0.4) is 0 Å². The summed E-state index contributed by atoms with van der Waals surface area (Å²) in [6.07, 6.45) is -0.206. The van der Waals surface area contributed by atoms with E-state index < -0.39 is 15.1 Å². The van der Waals surface area contributed by atoms with E-state index in [0.29, 0.717) is 13.2 Å². The van der Waals surface area contributed by atoms with Gasteiger partial charge < -0.3 is 10.1 Å². The molecule has 1 aliphatic rings. The number of nitrogens with one attached hydrogen (secondary N) is 1. The molecule has 2 amide bonds. The molecule has 1 aliphatic heterocycles. The predicted molar refractivity (Wildman–Crippen MR) is 117 cm³/mol. The third-order valence-corrected chi connectivity index (χ3v) is 6.95. The maximum atomic E-state index is 12.1. The van der Waals surface area contributed by atoms with Gasteiger partial charge in [0, 0.05) is 11.3 Å². The molecule has 1 heterocycles. The van der Waals surface area contributed by atoms with Gasteiger partial charge in [0.05, 0.1) is 29.7 Å². The van der Waals surface area contributed by atoms with Crippen LogP contribution in [0.5, 0.6) is 0 Å². The summed E-state index contributed by atoms with van der Waals surface area (Å²) in [5, 5.41) is 2.23. The largest absolute Gasteiger partial charge is 0.447 e. The van der Waals surface area contributed by atoms with Gasteiger partial charge in [-0.25, -0.2) is 13.2 Å². The second kappa shape index (κ2) is 9.67. The molecule has 0 saturated carbocycles. The molecule has 31 heavy (non-hydrogen) atoms. The fourth-order valence-electron chi connectivity index (χ4n) is 2.96. The summed E-state index contributed by atoms with van der Waals surface area (Å²) in [7, 11) is -3.32. The number of cyclic esters (lactones) is 1. The first-order chi connectivity index (χ1) is 14.8. The number of carbonyl (C=O) groups is 2. The van der Waals surface area contributed by atoms with Crippen LogP contribution in [0.2, 0.25) is 0 Å². The number of ether oxygens (including phenoxy) is 1. The predicted octanol–water partition coefficient (Wildman–Crippen LogP) is 2.54. The topological polar surface area (TPSA) is 92.8 Å². The minimum absolute atomic E-state index is 0.143. The van der Waals surface area contributed by atoms with Gasteiger partial charge in [-0.05, 0) is 55.8 Å². The Kier molecular flexibility index (Phi) is 6.98. The van der Waals surface area contributed by atoms with Crippen LogP contribution in [0.4, 0.5) is 10.5 Å². The van der Waals surface area contributed by atoms with E-state index in [0.717, 1.165) is 16.8 Å². The standard InChI is InChI=1S/C23H24N2O5S/c1-17(2)31(28,29)21-11-7-19(8-12-21)16-22(26)24-13-3-4-18-5-9-20(10-6-18)25-14-15-30-23(25)27/h5-12,17H,13-16H2,1-2H3,(H,24,26). The summed E-state index contributed by atoms with van der Waals surface area (Å²) in [5.41, 5.74) is 2.25. The van der Waals surface area contributed by atoms with Crippen LogP contribution < -0.4 is 10.2 Å². The molecule has 1 N–H and O–H groups in total. The molecule has 8 heteroatoms. The number of amides is 2. The number of anilines is 1. The van der Waals surface area contributed by atoms with E-state index in [1.54, 1.807) is 43.0 Å². The van der Waals surface area contributed by atoms with Crippen LogP contribution >= 0.6 is 0 Å². The number of carbonyl (C=O) groups excluding carboxylic acids is 2. The van der Waals surface area contributed by atoms with Crippen LogP contribution in [-0.2, 0) is 25.8 Å². The smallest absolute Gasteiger partial charge is 0.414 e. The average Bonchev–Trinajstić information content (AvgIpc) is 3.18. The number of benzene rings is 2. The molecule has 7 nitrogen and oxygen atoms in total. The fraction of sp³-hybridized carbons (Fsp3) is 0.304. The van der Waals surface area contributed by atoms with Crippen molar-refractivity contribution < 1.29 is 22.7 Å². The Morgan fingerprint density at radius 1 is 1.13 bits per heavy atom. The van der Waals surface area contributed by atoms with Gasteiger partial charge in [0.15, 0.2) is 9.84 Å². The summed E-state index contributed by atoms with van der Waals surface area (Å²) < 4.78 is 29.2. The van der Waals surface area contributed by atoms with Gasteiger partial charge in [-0.2, -0.15) is 0 Å². The molecule has 0 unspecified atom stereocenters. The molecule has 0 bridgehead atoms. The van der Waals surface area contributed by atoms with Crippen molar-refractivity contribution in [2.75, 3.05) is 24.6 Å². The molecule has 0 radical (unpaired) electrons. The van der Waals surface area contributed by atoms with E-state index in [2.05, 4.69) is 17.2 Å². The normalized spacial score (nSPS) is 13.5. The lowest BCUT2D eigenvalue weighted by Crippen LogP contribution is -2.25. The zero-order chi connectivity index (χ0) is 22.4. The molecular formula is C23H24N2O5S. The van der Waals surface area contributed by atoms with Crippen molar-refractivity contribution in [3.05, 3.63) is 59.7 Å². The van der Waals surface area contributed by atoms with Gasteiger partial charge in [0.2, 0.25) is 5.91 Å². The van der Waals surface area contributed by atoms with E-state index in [-0.39, 0.29) is 29.9 Å². The zero-order valence-corrected chi connectivity index (χ0v) is 18.2. The first-order valence-electron chi connectivity index (χ1n) is 9.90. The Hall–Kier alpha value is -3.31. The second-order valence-electron chi connectivity index (χ2n) is 7.31. The second-order valence-corrected chi connectivity index (χ2v) is 9.81. The minimum Gasteiger partial charge on any atom is -0.447 e. The lowest BCUT2D eigenvalue weighted by atomic mass is 10.1. The molecule has 0 aromatic heterocycles. The van der Waals surface area contributed by atoms with Gasteiger partial charge in [-0.3, -0.25) is 9.69 Å². The number of nitrogens with zero attached hydrogens (tertiary/aromatic N) is 1. The van der Waals surface area contributed by atoms with Crippen molar-refractivity contribution in [1.82, 2.24) is 5.32 Å². The molecule has 0 spiro atoms. The highest BCUT2D eigenvalue weighted by Gasteiger charge is 2.23. The van der Waals surface area contributed by atoms with Crippen LogP contribution in [0.15, 0.2) is 53.4 Å². The maximum absolute atomic E-state index is 12.1. The van der Waals surface area contributed by atoms with Crippen molar-refractivity contribution in [1.29, 1.82) is 0 Å². The number of sulfone groups is 1. The van der Waals surface area contributed by atoms with Crippen LogP contribution in [0.25, 0.3) is 0 Å². The Morgan fingerprint density at radius 2 is 1.81 bits per heavy atom. The highest BCUT2D eigenvalue weighted by molar-refractivity contribution is 7.92. The number of hydrogen-bond donors (Lipinski definition) is 1. The number of hydrogen-bond acceptors (Lipinski definition) is 5. The van der Waals surface area contributed by atoms with Crippen molar-refractivity contribution in [3.8, 4) is 11.8 Å². The number of rotatable bonds is 6. The first kappa shape index (κ1) is 22.4. The van der Waals surface area contributed by atoms with Crippen LogP contribution in [-0.4, -0.2) is 45.4 Å². The highest BCUT2D eigenvalue weighted by Crippen LogP contribution is 2.19. The maximum Gasteiger partial charge on any atom is 0.414 e. The van der Waals surface area contributed by atoms with Crippen LogP contribution in [0.1, 0.15) is 25.0 Å². The van der Waals surface area contributed by atoms with Crippen molar-refractivity contribution in [2.45, 2.75) is 30.4 Å². The Morgan fingerprint density at radius 3 is 2.39 bits per heavy atom. The van der Waals surface area contributed by atoms with E-state index in [1.165, 1.54) is 12.1 Å². The molecule has 0 aliphatic carbocycles. The van der Waals surface area contributed by atoms with Gasteiger partial charge in [0.1, 0.15) is 6.61 Å². The monoisotopic (exact) mass is 440 g/mol. The third kappa shape index (κ3) is 5.64. The highest BCUT2D eigenvalue weighted by atomic mass is 32.2. The molecule has 3 rings (SSSR count). The van der Waals surface area contributed by atoms with Crippen molar-refractivity contribution >= 4 is 27.5 Å². The van der Waals surface area contributed by atoms with E-state index in [9.17, 15) is 18.0 Å². The average molecular weight is 441 g/mol. The molecule has 1 saturated heterocycles. The summed E-state index contributed by atoms with van der Waals surface area (Å²) in [6.45, 7) is 4.39. The third-order valence-electron chi connectivity index (χ3n) is 4.78. The SMILES string of the molecule is CC(C)S(=O)(=O)c1ccc(CC(=O)NCC#Cc2ccc(N3CCOC3=O)cc2)cc1. The summed E-state index contributed by atoms with van der Waals surface area (Å²) in [4.78, 5) is 25.5. The summed E-state index contributed by atoms with van der Waals surface area (Å²) in [5.74, 6) is 5.65. The molecule has 1 fully saturated rings. The summed E-state index contributed by atoms with van der Waals surface area (Å²) >= 11 is 0. The fourth-order valence-corrected chi connectivity index (χ4v) is 4.02. The molecular weight excluding hydrogens is 416 g/mol. The quantitative estimate of drug-likeness (QED) is 0.697. The zero-order valence-electron chi connectivity index (χ0n) is 17.4. The van der Waals surface area contributed by atoms with Crippen molar-refractivity contribution in [2.24, 2.45) is 0 Å². The van der Waals surface area contributed by atoms with Crippen LogP contribution in [0, 0.1) is 11.8 Å². The van der Waals surface area contributed by atoms with E-state index >= 15 is 0 Å². The Bertz CT molecular complexity index is 1110. The lowest BCUT2D eigenvalue weighted by molar-refractivity contribution is -0.120. The minimum atomic E-state index is -3.32. The molecule has 0 atom stereocenters. The summed E-state index contributed by atoms with van der Waals surface area (Å²) in [6, 6.07) is 13.6. The Labute approximate surface area is 182 Å². The lowest BCUT2D eigenvalue weighted by Gasteiger charge is -2.11. The van der Waals surface area contributed by atoms with Gasteiger partial charge in [0.25, 0.3) is 0 Å². The van der Waals surface area contributed by atoms with Gasteiger partial charge in [-0.15, -0.1) is 0 Å². The van der Waals surface area contributed by atoms with E-state index in [1.807, 2.05) is 12.1 Å². The van der Waals surface area contributed by atoms with Gasteiger partial charge in [-0.1, -0.05) is 24.0 Å². The Balaban J connectivity index is 1.49. The van der Waals surface area contributed by atoms with E-state index in [4.69, 9.17) is 4.74 Å². The molecule has 2 aromatic carbocycles. The molecule has 162 valence electrons.